The van der Waals surface area contributed by atoms with Crippen molar-refractivity contribution in [2.75, 3.05) is 6.54 Å². The molecule has 0 spiro atoms. The van der Waals surface area contributed by atoms with Gasteiger partial charge in [0.2, 0.25) is 0 Å². The largest absolute Gasteiger partial charge is 0.314 e. The van der Waals surface area contributed by atoms with E-state index >= 15 is 0 Å². The first-order valence-electron chi connectivity index (χ1n) is 5.77. The molecule has 0 heterocycles. The molecule has 1 rings (SSSR count). The van der Waals surface area contributed by atoms with Gasteiger partial charge in [-0.05, 0) is 46.9 Å². The van der Waals surface area contributed by atoms with Gasteiger partial charge in [-0.15, -0.1) is 0 Å². The Kier molecular flexibility index (Phi) is 5.53. The first-order valence-corrected chi connectivity index (χ1v) is 6.56. The number of halogens is 3. The van der Waals surface area contributed by atoms with Gasteiger partial charge in [0.05, 0.1) is 4.47 Å². The normalized spacial score (nSPS) is 13.1. The third kappa shape index (κ3) is 4.36. The molecule has 0 amide bonds. The second kappa shape index (κ2) is 6.45. The van der Waals surface area contributed by atoms with Crippen molar-refractivity contribution in [3.63, 3.8) is 0 Å². The van der Waals surface area contributed by atoms with Crippen molar-refractivity contribution in [2.45, 2.75) is 33.2 Å². The second-order valence-corrected chi connectivity index (χ2v) is 5.55. The molecule has 0 aliphatic carbocycles. The fourth-order valence-electron chi connectivity index (χ4n) is 1.61. The Bertz CT molecular complexity index is 380. The number of rotatable bonds is 5. The SMILES string of the molecule is CC(CNC(C)C)Cc1c(F)ccc(Br)c1F. The van der Waals surface area contributed by atoms with Crippen molar-refractivity contribution >= 4 is 15.9 Å². The van der Waals surface area contributed by atoms with E-state index in [9.17, 15) is 8.78 Å². The van der Waals surface area contributed by atoms with E-state index in [0.717, 1.165) is 6.54 Å². The standard InChI is InChI=1S/C13H18BrF2N/c1-8(2)17-7-9(3)6-10-12(15)5-4-11(14)13(10)16/h4-5,8-9,17H,6-7H2,1-3H3. The van der Waals surface area contributed by atoms with E-state index < -0.39 is 11.6 Å². The van der Waals surface area contributed by atoms with Gasteiger partial charge in [0, 0.05) is 11.6 Å². The molecule has 0 aromatic heterocycles. The Morgan fingerprint density at radius 1 is 1.24 bits per heavy atom. The zero-order chi connectivity index (χ0) is 13.0. The number of hydrogen-bond acceptors (Lipinski definition) is 1. The lowest BCUT2D eigenvalue weighted by molar-refractivity contribution is 0.454. The summed E-state index contributed by atoms with van der Waals surface area (Å²) in [5.41, 5.74) is 0.164. The smallest absolute Gasteiger partial charge is 0.143 e. The topological polar surface area (TPSA) is 12.0 Å². The highest BCUT2D eigenvalue weighted by molar-refractivity contribution is 9.10. The van der Waals surface area contributed by atoms with E-state index in [2.05, 4.69) is 21.2 Å². The van der Waals surface area contributed by atoms with E-state index in [4.69, 9.17) is 0 Å². The van der Waals surface area contributed by atoms with Gasteiger partial charge in [0.25, 0.3) is 0 Å². The fraction of sp³-hybridized carbons (Fsp3) is 0.538. The summed E-state index contributed by atoms with van der Waals surface area (Å²) in [7, 11) is 0. The van der Waals surface area contributed by atoms with Crippen molar-refractivity contribution in [2.24, 2.45) is 5.92 Å². The first-order chi connectivity index (χ1) is 7.91. The van der Waals surface area contributed by atoms with Gasteiger partial charge in [-0.1, -0.05) is 20.8 Å². The highest BCUT2D eigenvalue weighted by Crippen LogP contribution is 2.23. The van der Waals surface area contributed by atoms with Gasteiger partial charge in [-0.25, -0.2) is 8.78 Å². The van der Waals surface area contributed by atoms with Crippen molar-refractivity contribution in [3.8, 4) is 0 Å². The Hall–Kier alpha value is -0.480. The molecule has 0 fully saturated rings. The van der Waals surface area contributed by atoms with E-state index in [1.165, 1.54) is 12.1 Å². The molecule has 1 aromatic rings. The first kappa shape index (κ1) is 14.6. The number of nitrogens with one attached hydrogen (secondary N) is 1. The Balaban J connectivity index is 2.71. The van der Waals surface area contributed by atoms with Crippen LogP contribution >= 0.6 is 15.9 Å². The Labute approximate surface area is 110 Å². The van der Waals surface area contributed by atoms with Crippen LogP contribution in [0.15, 0.2) is 16.6 Å². The van der Waals surface area contributed by atoms with Crippen molar-refractivity contribution in [1.29, 1.82) is 0 Å². The predicted molar refractivity (Wildman–Crippen MR) is 70.1 cm³/mol. The van der Waals surface area contributed by atoms with Gasteiger partial charge in [-0.2, -0.15) is 0 Å². The molecular weight excluding hydrogens is 288 g/mol. The quantitative estimate of drug-likeness (QED) is 0.814. The monoisotopic (exact) mass is 305 g/mol. The van der Waals surface area contributed by atoms with Crippen LogP contribution in [0.1, 0.15) is 26.3 Å². The maximum absolute atomic E-state index is 13.7. The summed E-state index contributed by atoms with van der Waals surface area (Å²) in [6, 6.07) is 3.07. The van der Waals surface area contributed by atoms with Crippen LogP contribution in [-0.2, 0) is 6.42 Å². The summed E-state index contributed by atoms with van der Waals surface area (Å²) in [5, 5.41) is 3.26. The molecule has 0 saturated carbocycles. The number of hydrogen-bond donors (Lipinski definition) is 1. The van der Waals surface area contributed by atoms with Crippen LogP contribution in [0.3, 0.4) is 0 Å². The molecule has 0 radical (unpaired) electrons. The molecule has 0 aliphatic heterocycles. The van der Waals surface area contributed by atoms with Crippen LogP contribution in [0.4, 0.5) is 8.78 Å². The average molecular weight is 306 g/mol. The minimum atomic E-state index is -0.485. The molecule has 0 aliphatic rings. The lowest BCUT2D eigenvalue weighted by atomic mass is 10.00. The molecule has 1 N–H and O–H groups in total. The fourth-order valence-corrected chi connectivity index (χ4v) is 1.99. The third-order valence-electron chi connectivity index (χ3n) is 2.57. The minimum Gasteiger partial charge on any atom is -0.314 e. The summed E-state index contributed by atoms with van der Waals surface area (Å²) in [6.45, 7) is 6.83. The molecular formula is C13H18BrF2N. The zero-order valence-corrected chi connectivity index (χ0v) is 11.9. The molecule has 96 valence electrons. The number of benzene rings is 1. The molecule has 1 atom stereocenters. The minimum absolute atomic E-state index is 0.164. The molecule has 1 aromatic carbocycles. The van der Waals surface area contributed by atoms with E-state index in [1.54, 1.807) is 0 Å². The van der Waals surface area contributed by atoms with Crippen LogP contribution in [0.5, 0.6) is 0 Å². The lowest BCUT2D eigenvalue weighted by Gasteiger charge is -2.16. The summed E-state index contributed by atoms with van der Waals surface area (Å²) in [6.07, 6.45) is 0.400. The molecule has 17 heavy (non-hydrogen) atoms. The van der Waals surface area contributed by atoms with E-state index in [-0.39, 0.29) is 11.5 Å². The van der Waals surface area contributed by atoms with Crippen LogP contribution in [0, 0.1) is 17.6 Å². The molecule has 1 unspecified atom stereocenters. The molecule has 1 nitrogen and oxygen atoms in total. The highest BCUT2D eigenvalue weighted by atomic mass is 79.9. The predicted octanol–water partition coefficient (Wildman–Crippen LogP) is 3.90. The van der Waals surface area contributed by atoms with Gasteiger partial charge in [0.1, 0.15) is 11.6 Å². The summed E-state index contributed by atoms with van der Waals surface area (Å²) in [5.74, 6) is -0.765. The van der Waals surface area contributed by atoms with Gasteiger partial charge in [0.15, 0.2) is 0 Å². The van der Waals surface area contributed by atoms with Crippen LogP contribution < -0.4 is 5.32 Å². The molecule has 0 saturated heterocycles. The average Bonchev–Trinajstić information content (AvgIpc) is 2.27. The van der Waals surface area contributed by atoms with E-state index in [1.807, 2.05) is 20.8 Å². The maximum atomic E-state index is 13.7. The Morgan fingerprint density at radius 3 is 2.47 bits per heavy atom. The highest BCUT2D eigenvalue weighted by Gasteiger charge is 2.15. The summed E-state index contributed by atoms with van der Waals surface area (Å²) in [4.78, 5) is 0. The van der Waals surface area contributed by atoms with Gasteiger partial charge < -0.3 is 5.32 Å². The van der Waals surface area contributed by atoms with Crippen molar-refractivity contribution < 1.29 is 8.78 Å². The Morgan fingerprint density at radius 2 is 1.88 bits per heavy atom. The van der Waals surface area contributed by atoms with Crippen LogP contribution in [-0.4, -0.2) is 12.6 Å². The van der Waals surface area contributed by atoms with Gasteiger partial charge >= 0.3 is 0 Å². The van der Waals surface area contributed by atoms with Crippen LogP contribution in [0.25, 0.3) is 0 Å². The lowest BCUT2D eigenvalue weighted by Crippen LogP contribution is -2.28. The van der Waals surface area contributed by atoms with Gasteiger partial charge in [-0.3, -0.25) is 0 Å². The second-order valence-electron chi connectivity index (χ2n) is 4.69. The zero-order valence-electron chi connectivity index (χ0n) is 10.4. The summed E-state index contributed by atoms with van der Waals surface area (Å²) < 4.78 is 27.5. The van der Waals surface area contributed by atoms with Crippen molar-refractivity contribution in [3.05, 3.63) is 33.8 Å². The molecule has 4 heteroatoms. The molecule has 0 bridgehead atoms. The maximum Gasteiger partial charge on any atom is 0.143 e. The van der Waals surface area contributed by atoms with E-state index in [0.29, 0.717) is 16.9 Å². The summed E-state index contributed by atoms with van der Waals surface area (Å²) >= 11 is 3.08. The van der Waals surface area contributed by atoms with Crippen molar-refractivity contribution in [1.82, 2.24) is 5.32 Å². The third-order valence-corrected chi connectivity index (χ3v) is 3.18. The van der Waals surface area contributed by atoms with Crippen LogP contribution in [0.2, 0.25) is 0 Å².